The van der Waals surface area contributed by atoms with Crippen molar-refractivity contribution in [2.75, 3.05) is 6.61 Å². The largest absolute Gasteiger partial charge is 0.477 e. The molecule has 2 aromatic rings. The van der Waals surface area contributed by atoms with E-state index in [2.05, 4.69) is 16.8 Å². The summed E-state index contributed by atoms with van der Waals surface area (Å²) in [6, 6.07) is 7.20. The van der Waals surface area contributed by atoms with Crippen LogP contribution in [0.3, 0.4) is 0 Å². The average Bonchev–Trinajstić information content (AvgIpc) is 2.65. The molecule has 3 N–H and O–H groups in total. The van der Waals surface area contributed by atoms with Gasteiger partial charge in [0.05, 0.1) is 5.56 Å². The molecule has 1 aromatic heterocycles. The smallest absolute Gasteiger partial charge is 0.353 e. The van der Waals surface area contributed by atoms with E-state index in [1.807, 2.05) is 12.1 Å². The quantitative estimate of drug-likeness (QED) is 0.626. The van der Waals surface area contributed by atoms with Gasteiger partial charge < -0.3 is 15.2 Å². The number of carboxylic acids is 1. The van der Waals surface area contributed by atoms with Gasteiger partial charge in [-0.05, 0) is 6.07 Å². The van der Waals surface area contributed by atoms with E-state index in [0.29, 0.717) is 5.56 Å². The Morgan fingerprint density at radius 2 is 2.12 bits per heavy atom. The van der Waals surface area contributed by atoms with Crippen LogP contribution in [0, 0.1) is 11.8 Å². The minimum atomic E-state index is -1.06. The van der Waals surface area contributed by atoms with Crippen LogP contribution < -0.4 is 0 Å². The Hall–Kier alpha value is -2.25. The molecule has 0 saturated carbocycles. The Labute approximate surface area is 91.5 Å². The van der Waals surface area contributed by atoms with Crippen molar-refractivity contribution in [3.8, 4) is 11.8 Å². The van der Waals surface area contributed by atoms with Gasteiger partial charge in [-0.3, -0.25) is 0 Å². The van der Waals surface area contributed by atoms with Gasteiger partial charge in [0, 0.05) is 10.9 Å². The fourth-order valence-corrected chi connectivity index (χ4v) is 1.56. The standard InChI is InChI=1S/C12H9NO3/c14-7-3-5-9-8-4-1-2-6-10(8)13-11(9)12(15)16/h1-2,4,6,13-14H,7H2,(H,15,16). The fraction of sp³-hybridized carbons (Fsp3) is 0.0833. The van der Waals surface area contributed by atoms with Crippen LogP contribution in [0.4, 0.5) is 0 Å². The number of hydrogen-bond donors (Lipinski definition) is 3. The lowest BCUT2D eigenvalue weighted by Crippen LogP contribution is -1.99. The van der Waals surface area contributed by atoms with E-state index in [9.17, 15) is 4.79 Å². The van der Waals surface area contributed by atoms with Crippen LogP contribution >= 0.6 is 0 Å². The van der Waals surface area contributed by atoms with Crippen LogP contribution in [0.5, 0.6) is 0 Å². The number of para-hydroxylation sites is 1. The lowest BCUT2D eigenvalue weighted by molar-refractivity contribution is 0.0691. The van der Waals surface area contributed by atoms with E-state index in [1.54, 1.807) is 12.1 Å². The van der Waals surface area contributed by atoms with Crippen molar-refractivity contribution in [3.05, 3.63) is 35.5 Å². The van der Waals surface area contributed by atoms with E-state index >= 15 is 0 Å². The highest BCUT2D eigenvalue weighted by Crippen LogP contribution is 2.21. The Morgan fingerprint density at radius 1 is 1.38 bits per heavy atom. The molecular weight excluding hydrogens is 206 g/mol. The maximum Gasteiger partial charge on any atom is 0.353 e. The van der Waals surface area contributed by atoms with Gasteiger partial charge in [-0.25, -0.2) is 4.79 Å². The molecular formula is C12H9NO3. The highest BCUT2D eigenvalue weighted by molar-refractivity contribution is 5.99. The zero-order chi connectivity index (χ0) is 11.5. The minimum Gasteiger partial charge on any atom is -0.477 e. The van der Waals surface area contributed by atoms with Gasteiger partial charge >= 0.3 is 5.97 Å². The van der Waals surface area contributed by atoms with E-state index in [4.69, 9.17) is 10.2 Å². The van der Waals surface area contributed by atoms with Gasteiger partial charge in [-0.1, -0.05) is 30.0 Å². The molecule has 0 atom stereocenters. The molecule has 80 valence electrons. The maximum atomic E-state index is 11.0. The lowest BCUT2D eigenvalue weighted by atomic mass is 10.1. The zero-order valence-corrected chi connectivity index (χ0v) is 8.32. The highest BCUT2D eigenvalue weighted by Gasteiger charge is 2.14. The maximum absolute atomic E-state index is 11.0. The Kier molecular flexibility index (Phi) is 2.63. The number of H-pyrrole nitrogens is 1. The van der Waals surface area contributed by atoms with Gasteiger partial charge in [0.25, 0.3) is 0 Å². The van der Waals surface area contributed by atoms with E-state index in [-0.39, 0.29) is 12.3 Å². The summed E-state index contributed by atoms with van der Waals surface area (Å²) in [6.07, 6.45) is 0. The summed E-state index contributed by atoms with van der Waals surface area (Å²) >= 11 is 0. The lowest BCUT2D eigenvalue weighted by Gasteiger charge is -1.90. The highest BCUT2D eigenvalue weighted by atomic mass is 16.4. The molecule has 0 unspecified atom stereocenters. The first-order valence-corrected chi connectivity index (χ1v) is 4.67. The third-order valence-electron chi connectivity index (χ3n) is 2.21. The number of rotatable bonds is 1. The molecule has 0 aliphatic carbocycles. The van der Waals surface area contributed by atoms with Crippen LogP contribution in [0.2, 0.25) is 0 Å². The summed E-state index contributed by atoms with van der Waals surface area (Å²) in [4.78, 5) is 13.8. The predicted octanol–water partition coefficient (Wildman–Crippen LogP) is 1.21. The first kappa shape index (κ1) is 10.3. The summed E-state index contributed by atoms with van der Waals surface area (Å²) in [6.45, 7) is -0.293. The number of aromatic nitrogens is 1. The molecule has 0 amide bonds. The van der Waals surface area contributed by atoms with Crippen molar-refractivity contribution in [2.45, 2.75) is 0 Å². The molecule has 0 aliphatic rings. The molecule has 2 rings (SSSR count). The van der Waals surface area contributed by atoms with E-state index in [1.165, 1.54) is 0 Å². The molecule has 0 spiro atoms. The fourth-order valence-electron chi connectivity index (χ4n) is 1.56. The van der Waals surface area contributed by atoms with Crippen LogP contribution in [0.1, 0.15) is 16.1 Å². The Morgan fingerprint density at radius 3 is 2.81 bits per heavy atom. The molecule has 0 saturated heterocycles. The third-order valence-corrected chi connectivity index (χ3v) is 2.21. The summed E-state index contributed by atoms with van der Waals surface area (Å²) in [5.41, 5.74) is 1.20. The number of aromatic amines is 1. The zero-order valence-electron chi connectivity index (χ0n) is 8.32. The molecule has 4 nitrogen and oxygen atoms in total. The molecule has 0 radical (unpaired) electrons. The number of hydrogen-bond acceptors (Lipinski definition) is 2. The summed E-state index contributed by atoms with van der Waals surface area (Å²) < 4.78 is 0. The van der Waals surface area contributed by atoms with Crippen molar-refractivity contribution >= 4 is 16.9 Å². The summed E-state index contributed by atoms with van der Waals surface area (Å²) in [5, 5.41) is 18.4. The van der Waals surface area contributed by atoms with Crippen molar-refractivity contribution in [1.82, 2.24) is 4.98 Å². The SMILES string of the molecule is O=C(O)c1[nH]c2ccccc2c1C#CCO. The van der Waals surface area contributed by atoms with Crippen molar-refractivity contribution < 1.29 is 15.0 Å². The predicted molar refractivity (Wildman–Crippen MR) is 59.2 cm³/mol. The number of carboxylic acid groups (broad SMARTS) is 1. The molecule has 0 fully saturated rings. The topological polar surface area (TPSA) is 73.3 Å². The first-order valence-electron chi connectivity index (χ1n) is 4.67. The Bertz CT molecular complexity index is 601. The van der Waals surface area contributed by atoms with Crippen LogP contribution in [0.25, 0.3) is 10.9 Å². The monoisotopic (exact) mass is 215 g/mol. The van der Waals surface area contributed by atoms with Crippen molar-refractivity contribution in [3.63, 3.8) is 0 Å². The number of aliphatic hydroxyl groups is 1. The van der Waals surface area contributed by atoms with Crippen molar-refractivity contribution in [2.24, 2.45) is 0 Å². The minimum absolute atomic E-state index is 0.0575. The molecule has 0 aliphatic heterocycles. The van der Waals surface area contributed by atoms with Gasteiger partial charge in [0.15, 0.2) is 0 Å². The second-order valence-corrected chi connectivity index (χ2v) is 3.19. The molecule has 1 heterocycles. The van der Waals surface area contributed by atoms with E-state index in [0.717, 1.165) is 10.9 Å². The molecule has 4 heteroatoms. The second-order valence-electron chi connectivity index (χ2n) is 3.19. The van der Waals surface area contributed by atoms with E-state index < -0.39 is 5.97 Å². The number of aromatic carboxylic acids is 1. The number of benzene rings is 1. The van der Waals surface area contributed by atoms with Crippen LogP contribution in [-0.2, 0) is 0 Å². The number of fused-ring (bicyclic) bond motifs is 1. The first-order chi connectivity index (χ1) is 7.74. The molecule has 0 bridgehead atoms. The average molecular weight is 215 g/mol. The van der Waals surface area contributed by atoms with Gasteiger partial charge in [-0.2, -0.15) is 0 Å². The second kappa shape index (κ2) is 4.09. The molecule has 1 aromatic carbocycles. The number of aliphatic hydroxyl groups excluding tert-OH is 1. The van der Waals surface area contributed by atoms with Crippen molar-refractivity contribution in [1.29, 1.82) is 0 Å². The van der Waals surface area contributed by atoms with Gasteiger partial charge in [0.2, 0.25) is 0 Å². The van der Waals surface area contributed by atoms with Gasteiger partial charge in [-0.15, -0.1) is 0 Å². The number of nitrogens with one attached hydrogen (secondary N) is 1. The van der Waals surface area contributed by atoms with Gasteiger partial charge in [0.1, 0.15) is 12.3 Å². The van der Waals surface area contributed by atoms with Crippen LogP contribution in [0.15, 0.2) is 24.3 Å². The van der Waals surface area contributed by atoms with Crippen LogP contribution in [-0.4, -0.2) is 27.8 Å². The number of carbonyl (C=O) groups is 1. The summed E-state index contributed by atoms with van der Waals surface area (Å²) in [5.74, 6) is 4.06. The normalized spacial score (nSPS) is 9.81. The molecule has 16 heavy (non-hydrogen) atoms. The Balaban J connectivity index is 2.74. The summed E-state index contributed by atoms with van der Waals surface area (Å²) in [7, 11) is 0. The third kappa shape index (κ3) is 1.64.